The van der Waals surface area contributed by atoms with Gasteiger partial charge < -0.3 is 19.6 Å². The molecular weight excluding hydrogens is 448 g/mol. The van der Waals surface area contributed by atoms with Crippen molar-refractivity contribution in [3.8, 4) is 0 Å². The Bertz CT molecular complexity index is 953. The van der Waals surface area contributed by atoms with Gasteiger partial charge in [0.15, 0.2) is 0 Å². The van der Waals surface area contributed by atoms with Gasteiger partial charge in [-0.2, -0.15) is 0 Å². The lowest BCUT2D eigenvalue weighted by Gasteiger charge is -2.30. The van der Waals surface area contributed by atoms with Crippen molar-refractivity contribution in [2.75, 3.05) is 39.4 Å². The van der Waals surface area contributed by atoms with Crippen LogP contribution in [0.4, 0.5) is 0 Å². The maximum absolute atomic E-state index is 13.3. The van der Waals surface area contributed by atoms with E-state index in [0.29, 0.717) is 31.9 Å². The van der Waals surface area contributed by atoms with Crippen molar-refractivity contribution in [1.82, 2.24) is 4.90 Å². The average Bonchev–Trinajstić information content (AvgIpc) is 3.04. The van der Waals surface area contributed by atoms with Crippen LogP contribution in [-0.2, 0) is 14.3 Å². The number of ketones is 1. The molecular formula is C23H23BrN2O4. The number of amides is 1. The highest BCUT2D eigenvalue weighted by molar-refractivity contribution is 9.10. The van der Waals surface area contributed by atoms with Gasteiger partial charge in [0, 0.05) is 10.0 Å². The number of Topliss-reactive ketones (excluding diaryl/α,β-unsaturated/α-hetero) is 1. The Morgan fingerprint density at radius 2 is 1.73 bits per heavy atom. The SMILES string of the molecule is O=C1C(=O)N(CC[NH+]2CCOCC2)C(c2ccccc2)C1=C([O-])c1ccc(Br)cc1. The lowest BCUT2D eigenvalue weighted by molar-refractivity contribution is -0.907. The molecule has 1 atom stereocenters. The van der Waals surface area contributed by atoms with Crippen LogP contribution >= 0.6 is 15.9 Å². The molecule has 2 fully saturated rings. The van der Waals surface area contributed by atoms with Gasteiger partial charge in [-0.25, -0.2) is 0 Å². The van der Waals surface area contributed by atoms with Crippen molar-refractivity contribution in [2.24, 2.45) is 0 Å². The molecule has 2 aliphatic heterocycles. The Labute approximate surface area is 183 Å². The van der Waals surface area contributed by atoms with Crippen molar-refractivity contribution in [3.63, 3.8) is 0 Å². The number of carbonyl (C=O) groups excluding carboxylic acids is 2. The molecule has 0 radical (unpaired) electrons. The van der Waals surface area contributed by atoms with E-state index in [1.54, 1.807) is 29.2 Å². The van der Waals surface area contributed by atoms with E-state index in [-0.39, 0.29) is 5.57 Å². The summed E-state index contributed by atoms with van der Waals surface area (Å²) < 4.78 is 6.24. The van der Waals surface area contributed by atoms with Gasteiger partial charge >= 0.3 is 0 Å². The average molecular weight is 471 g/mol. The maximum atomic E-state index is 13.3. The minimum atomic E-state index is -0.700. The van der Waals surface area contributed by atoms with Crippen molar-refractivity contribution in [2.45, 2.75) is 6.04 Å². The number of quaternary nitrogens is 1. The topological polar surface area (TPSA) is 74.1 Å². The molecule has 2 heterocycles. The summed E-state index contributed by atoms with van der Waals surface area (Å²) in [5.41, 5.74) is 1.20. The predicted octanol–water partition coefficient (Wildman–Crippen LogP) is 0.588. The standard InChI is InChI=1S/C23H23BrN2O4/c24-18-8-6-17(7-9-18)21(27)19-20(16-4-2-1-3-5-16)26(23(29)22(19)28)11-10-25-12-14-30-15-13-25/h1-9,20,27H,10-15H2. The lowest BCUT2D eigenvalue weighted by Crippen LogP contribution is -3.14. The lowest BCUT2D eigenvalue weighted by atomic mass is 9.95. The number of rotatable bonds is 5. The van der Waals surface area contributed by atoms with Crippen LogP contribution in [0.15, 0.2) is 64.6 Å². The van der Waals surface area contributed by atoms with Crippen LogP contribution in [0.1, 0.15) is 17.2 Å². The molecule has 7 heteroatoms. The predicted molar refractivity (Wildman–Crippen MR) is 113 cm³/mol. The molecule has 156 valence electrons. The fraction of sp³-hybridized carbons (Fsp3) is 0.304. The van der Waals surface area contributed by atoms with E-state index in [2.05, 4.69) is 15.9 Å². The molecule has 0 saturated carbocycles. The third-order valence-electron chi connectivity index (χ3n) is 5.66. The molecule has 2 aromatic carbocycles. The zero-order valence-corrected chi connectivity index (χ0v) is 18.1. The quantitative estimate of drug-likeness (QED) is 0.394. The third kappa shape index (κ3) is 4.19. The Morgan fingerprint density at radius 1 is 1.07 bits per heavy atom. The van der Waals surface area contributed by atoms with E-state index in [0.717, 1.165) is 23.1 Å². The number of likely N-dealkylation sites (tertiary alicyclic amines) is 1. The number of ether oxygens (including phenoxy) is 1. The molecule has 0 spiro atoms. The van der Waals surface area contributed by atoms with Crippen molar-refractivity contribution < 1.29 is 24.3 Å². The van der Waals surface area contributed by atoms with Gasteiger partial charge in [-0.1, -0.05) is 64.2 Å². The van der Waals surface area contributed by atoms with Crippen LogP contribution in [0.2, 0.25) is 0 Å². The van der Waals surface area contributed by atoms with E-state index in [4.69, 9.17) is 4.74 Å². The monoisotopic (exact) mass is 470 g/mol. The highest BCUT2D eigenvalue weighted by atomic mass is 79.9. The van der Waals surface area contributed by atoms with Gasteiger partial charge in [0.2, 0.25) is 5.78 Å². The fourth-order valence-corrected chi connectivity index (χ4v) is 4.29. The molecule has 1 unspecified atom stereocenters. The molecule has 30 heavy (non-hydrogen) atoms. The van der Waals surface area contributed by atoms with E-state index in [1.165, 1.54) is 4.90 Å². The number of nitrogens with zero attached hydrogens (tertiary/aromatic N) is 1. The molecule has 2 saturated heterocycles. The number of morpholine rings is 1. The molecule has 4 rings (SSSR count). The van der Waals surface area contributed by atoms with Gasteiger partial charge in [-0.15, -0.1) is 0 Å². The first kappa shape index (κ1) is 20.8. The van der Waals surface area contributed by atoms with Crippen LogP contribution in [0.25, 0.3) is 5.76 Å². The van der Waals surface area contributed by atoms with Crippen LogP contribution in [-0.4, -0.2) is 56.0 Å². The minimum absolute atomic E-state index is 0.0329. The second-order valence-corrected chi connectivity index (χ2v) is 8.42. The summed E-state index contributed by atoms with van der Waals surface area (Å²) in [4.78, 5) is 28.8. The van der Waals surface area contributed by atoms with Crippen LogP contribution in [0.3, 0.4) is 0 Å². The Kier molecular flexibility index (Phi) is 6.32. The highest BCUT2D eigenvalue weighted by Gasteiger charge is 2.44. The Morgan fingerprint density at radius 3 is 2.40 bits per heavy atom. The molecule has 0 bridgehead atoms. The van der Waals surface area contributed by atoms with Gasteiger partial charge in [-0.3, -0.25) is 9.59 Å². The molecule has 0 aromatic heterocycles. The van der Waals surface area contributed by atoms with E-state index in [9.17, 15) is 14.7 Å². The first-order valence-electron chi connectivity index (χ1n) is 10.0. The van der Waals surface area contributed by atoms with E-state index < -0.39 is 23.5 Å². The van der Waals surface area contributed by atoms with Crippen molar-refractivity contribution in [1.29, 1.82) is 0 Å². The van der Waals surface area contributed by atoms with E-state index >= 15 is 0 Å². The largest absolute Gasteiger partial charge is 0.872 e. The molecule has 0 aliphatic carbocycles. The minimum Gasteiger partial charge on any atom is -0.872 e. The number of hydrogen-bond donors (Lipinski definition) is 1. The summed E-state index contributed by atoms with van der Waals surface area (Å²) in [7, 11) is 0. The van der Waals surface area contributed by atoms with Crippen molar-refractivity contribution >= 4 is 33.4 Å². The zero-order chi connectivity index (χ0) is 21.1. The number of nitrogens with one attached hydrogen (secondary N) is 1. The first-order chi connectivity index (χ1) is 14.6. The molecule has 6 nitrogen and oxygen atoms in total. The first-order valence-corrected chi connectivity index (χ1v) is 10.8. The van der Waals surface area contributed by atoms with Crippen LogP contribution in [0, 0.1) is 0 Å². The van der Waals surface area contributed by atoms with Crippen molar-refractivity contribution in [3.05, 3.63) is 75.8 Å². The molecule has 1 amide bonds. The zero-order valence-electron chi connectivity index (χ0n) is 16.5. The normalized spacial score (nSPS) is 21.9. The Hall–Kier alpha value is -2.48. The smallest absolute Gasteiger partial charge is 0.295 e. The summed E-state index contributed by atoms with van der Waals surface area (Å²) in [6, 6.07) is 15.5. The highest BCUT2D eigenvalue weighted by Crippen LogP contribution is 2.38. The maximum Gasteiger partial charge on any atom is 0.295 e. The van der Waals surface area contributed by atoms with Gasteiger partial charge in [-0.05, 0) is 23.3 Å². The summed E-state index contributed by atoms with van der Waals surface area (Å²) in [5, 5.41) is 13.3. The summed E-state index contributed by atoms with van der Waals surface area (Å²) in [6.07, 6.45) is 0. The second-order valence-electron chi connectivity index (χ2n) is 7.50. The third-order valence-corrected chi connectivity index (χ3v) is 6.19. The Balaban J connectivity index is 1.71. The second kappa shape index (κ2) is 9.12. The van der Waals surface area contributed by atoms with Gasteiger partial charge in [0.05, 0.1) is 32.3 Å². The molecule has 2 aromatic rings. The van der Waals surface area contributed by atoms with Gasteiger partial charge in [0.1, 0.15) is 13.1 Å². The number of benzene rings is 2. The molecule has 2 aliphatic rings. The molecule has 1 N–H and O–H groups in total. The summed E-state index contributed by atoms with van der Waals surface area (Å²) in [5.74, 6) is -1.69. The fourth-order valence-electron chi connectivity index (χ4n) is 4.03. The van der Waals surface area contributed by atoms with Crippen LogP contribution in [0.5, 0.6) is 0 Å². The number of carbonyl (C=O) groups is 2. The van der Waals surface area contributed by atoms with Gasteiger partial charge in [0.25, 0.3) is 5.91 Å². The number of halogens is 1. The van der Waals surface area contributed by atoms with Crippen LogP contribution < -0.4 is 10.0 Å². The number of hydrogen-bond acceptors (Lipinski definition) is 4. The summed E-state index contributed by atoms with van der Waals surface area (Å²) >= 11 is 3.36. The summed E-state index contributed by atoms with van der Waals surface area (Å²) in [6.45, 7) is 4.27. The van der Waals surface area contributed by atoms with E-state index in [1.807, 2.05) is 30.3 Å².